The van der Waals surface area contributed by atoms with Crippen molar-refractivity contribution in [1.82, 2.24) is 5.32 Å². The van der Waals surface area contributed by atoms with Gasteiger partial charge in [0.2, 0.25) is 0 Å². The van der Waals surface area contributed by atoms with Crippen LogP contribution >= 0.6 is 0 Å². The molecule has 2 aliphatic rings. The number of rotatable bonds is 6. The van der Waals surface area contributed by atoms with Crippen molar-refractivity contribution in [3.8, 4) is 0 Å². The zero-order chi connectivity index (χ0) is 13.5. The fourth-order valence-corrected chi connectivity index (χ4v) is 3.80. The molecule has 2 heteroatoms. The standard InChI is InChI=1S/C17H33NO/c1-3-18-17(15-7-5-4-6-8-15)13-19-16-11-9-14(2)10-12-16/h14-18H,3-13H2,1-2H3. The number of hydrogen-bond donors (Lipinski definition) is 1. The van der Waals surface area contributed by atoms with Crippen LogP contribution in [0.15, 0.2) is 0 Å². The highest BCUT2D eigenvalue weighted by atomic mass is 16.5. The van der Waals surface area contributed by atoms with Gasteiger partial charge in [0.15, 0.2) is 0 Å². The number of likely N-dealkylation sites (N-methyl/N-ethyl adjacent to an activating group) is 1. The maximum Gasteiger partial charge on any atom is 0.0626 e. The first-order chi connectivity index (χ1) is 9.29. The molecule has 0 radical (unpaired) electrons. The van der Waals surface area contributed by atoms with Crippen LogP contribution in [0.5, 0.6) is 0 Å². The molecule has 0 spiro atoms. The Balaban J connectivity index is 1.73. The first-order valence-corrected chi connectivity index (χ1v) is 8.64. The molecule has 2 nitrogen and oxygen atoms in total. The van der Waals surface area contributed by atoms with Gasteiger partial charge in [-0.1, -0.05) is 33.1 Å². The molecule has 2 aliphatic carbocycles. The maximum absolute atomic E-state index is 6.24. The van der Waals surface area contributed by atoms with Crippen LogP contribution in [0.1, 0.15) is 71.6 Å². The van der Waals surface area contributed by atoms with Gasteiger partial charge in [-0.15, -0.1) is 0 Å². The fourth-order valence-electron chi connectivity index (χ4n) is 3.80. The summed E-state index contributed by atoms with van der Waals surface area (Å²) in [6.07, 6.45) is 12.9. The average Bonchev–Trinajstić information content (AvgIpc) is 2.46. The number of nitrogens with one attached hydrogen (secondary N) is 1. The smallest absolute Gasteiger partial charge is 0.0626 e. The zero-order valence-corrected chi connectivity index (χ0v) is 13.0. The van der Waals surface area contributed by atoms with Crippen molar-refractivity contribution in [3.05, 3.63) is 0 Å². The Hall–Kier alpha value is -0.0800. The zero-order valence-electron chi connectivity index (χ0n) is 13.0. The van der Waals surface area contributed by atoms with E-state index in [1.54, 1.807) is 0 Å². The van der Waals surface area contributed by atoms with E-state index >= 15 is 0 Å². The summed E-state index contributed by atoms with van der Waals surface area (Å²) in [7, 11) is 0. The largest absolute Gasteiger partial charge is 0.377 e. The van der Waals surface area contributed by atoms with Crippen LogP contribution in [0.25, 0.3) is 0 Å². The molecular weight excluding hydrogens is 234 g/mol. The Morgan fingerprint density at radius 2 is 1.68 bits per heavy atom. The second-order valence-corrected chi connectivity index (χ2v) is 6.78. The van der Waals surface area contributed by atoms with Crippen molar-refractivity contribution in [2.24, 2.45) is 11.8 Å². The van der Waals surface area contributed by atoms with Gasteiger partial charge in [0, 0.05) is 6.04 Å². The molecule has 1 N–H and O–H groups in total. The van der Waals surface area contributed by atoms with Gasteiger partial charge in [0.1, 0.15) is 0 Å². The lowest BCUT2D eigenvalue weighted by Crippen LogP contribution is -2.42. The third-order valence-electron chi connectivity index (χ3n) is 5.16. The molecule has 0 aromatic rings. The Labute approximate surface area is 119 Å². The predicted octanol–water partition coefficient (Wildman–Crippen LogP) is 4.14. The van der Waals surface area contributed by atoms with Crippen LogP contribution in [-0.4, -0.2) is 25.3 Å². The molecule has 0 aromatic heterocycles. The minimum absolute atomic E-state index is 0.543. The van der Waals surface area contributed by atoms with Crippen LogP contribution in [0.2, 0.25) is 0 Å². The highest BCUT2D eigenvalue weighted by Gasteiger charge is 2.25. The molecule has 1 atom stereocenters. The minimum atomic E-state index is 0.543. The molecule has 2 rings (SSSR count). The summed E-state index contributed by atoms with van der Waals surface area (Å²) in [5.41, 5.74) is 0. The predicted molar refractivity (Wildman–Crippen MR) is 81.4 cm³/mol. The minimum Gasteiger partial charge on any atom is -0.377 e. The molecule has 1 unspecified atom stereocenters. The van der Waals surface area contributed by atoms with Gasteiger partial charge in [-0.25, -0.2) is 0 Å². The van der Waals surface area contributed by atoms with E-state index in [2.05, 4.69) is 19.2 Å². The van der Waals surface area contributed by atoms with Crippen molar-refractivity contribution in [2.45, 2.75) is 83.8 Å². The molecule has 2 fully saturated rings. The van der Waals surface area contributed by atoms with E-state index in [4.69, 9.17) is 4.74 Å². The summed E-state index contributed by atoms with van der Waals surface area (Å²) in [4.78, 5) is 0. The van der Waals surface area contributed by atoms with Crippen molar-refractivity contribution in [1.29, 1.82) is 0 Å². The Kier molecular flexibility index (Phi) is 6.66. The summed E-state index contributed by atoms with van der Waals surface area (Å²) in [6, 6.07) is 0.602. The maximum atomic E-state index is 6.24. The van der Waals surface area contributed by atoms with Gasteiger partial charge < -0.3 is 10.1 Å². The molecule has 0 bridgehead atoms. The van der Waals surface area contributed by atoms with Gasteiger partial charge in [-0.2, -0.15) is 0 Å². The third-order valence-corrected chi connectivity index (χ3v) is 5.16. The molecule has 0 saturated heterocycles. The van der Waals surface area contributed by atoms with Crippen LogP contribution < -0.4 is 5.32 Å². The van der Waals surface area contributed by atoms with Gasteiger partial charge in [-0.3, -0.25) is 0 Å². The van der Waals surface area contributed by atoms with Crippen LogP contribution in [0, 0.1) is 11.8 Å². The van der Waals surface area contributed by atoms with Gasteiger partial charge in [0.05, 0.1) is 12.7 Å². The molecule has 0 aromatic carbocycles. The molecule has 0 heterocycles. The molecule has 19 heavy (non-hydrogen) atoms. The van der Waals surface area contributed by atoms with E-state index in [1.807, 2.05) is 0 Å². The Morgan fingerprint density at radius 1 is 1.00 bits per heavy atom. The van der Waals surface area contributed by atoms with E-state index in [-0.39, 0.29) is 0 Å². The molecule has 0 aliphatic heterocycles. The molecule has 0 amide bonds. The topological polar surface area (TPSA) is 21.3 Å². The molecule has 2 saturated carbocycles. The Morgan fingerprint density at radius 3 is 2.32 bits per heavy atom. The van der Waals surface area contributed by atoms with E-state index in [9.17, 15) is 0 Å². The average molecular weight is 267 g/mol. The van der Waals surface area contributed by atoms with Crippen LogP contribution in [0.3, 0.4) is 0 Å². The summed E-state index contributed by atoms with van der Waals surface area (Å²) in [6.45, 7) is 6.61. The van der Waals surface area contributed by atoms with Crippen molar-refractivity contribution in [2.75, 3.05) is 13.2 Å². The SMILES string of the molecule is CCNC(COC1CCC(C)CC1)C1CCCCC1. The van der Waals surface area contributed by atoms with Crippen molar-refractivity contribution in [3.63, 3.8) is 0 Å². The highest BCUT2D eigenvalue weighted by molar-refractivity contribution is 4.80. The second-order valence-electron chi connectivity index (χ2n) is 6.78. The summed E-state index contributed by atoms with van der Waals surface area (Å²) < 4.78 is 6.24. The van der Waals surface area contributed by atoms with Crippen LogP contribution in [0.4, 0.5) is 0 Å². The first-order valence-electron chi connectivity index (χ1n) is 8.64. The second kappa shape index (κ2) is 8.26. The summed E-state index contributed by atoms with van der Waals surface area (Å²) in [5.74, 6) is 1.78. The van der Waals surface area contributed by atoms with Crippen molar-refractivity contribution >= 4 is 0 Å². The van der Waals surface area contributed by atoms with E-state index in [0.717, 1.165) is 25.0 Å². The fraction of sp³-hybridized carbons (Fsp3) is 1.00. The van der Waals surface area contributed by atoms with Gasteiger partial charge >= 0.3 is 0 Å². The quantitative estimate of drug-likeness (QED) is 0.781. The first kappa shape index (κ1) is 15.3. The lowest BCUT2D eigenvalue weighted by molar-refractivity contribution is -0.00263. The molecule has 112 valence electrons. The van der Waals surface area contributed by atoms with Gasteiger partial charge in [0.25, 0.3) is 0 Å². The normalized spacial score (nSPS) is 31.3. The van der Waals surface area contributed by atoms with E-state index in [0.29, 0.717) is 12.1 Å². The number of ether oxygens (including phenoxy) is 1. The van der Waals surface area contributed by atoms with Gasteiger partial charge in [-0.05, 0) is 56.9 Å². The summed E-state index contributed by atoms with van der Waals surface area (Å²) in [5, 5.41) is 3.68. The van der Waals surface area contributed by atoms with Crippen molar-refractivity contribution < 1.29 is 4.74 Å². The third kappa shape index (κ3) is 5.07. The van der Waals surface area contributed by atoms with E-state index < -0.39 is 0 Å². The lowest BCUT2D eigenvalue weighted by atomic mass is 9.84. The number of hydrogen-bond acceptors (Lipinski definition) is 2. The van der Waals surface area contributed by atoms with E-state index in [1.165, 1.54) is 57.8 Å². The Bertz CT molecular complexity index is 229. The molecular formula is C17H33NO. The van der Waals surface area contributed by atoms with Crippen LogP contribution in [-0.2, 0) is 4.74 Å². The highest BCUT2D eigenvalue weighted by Crippen LogP contribution is 2.29. The summed E-state index contributed by atoms with van der Waals surface area (Å²) >= 11 is 0. The lowest BCUT2D eigenvalue weighted by Gasteiger charge is -2.33. The monoisotopic (exact) mass is 267 g/mol.